The maximum absolute atomic E-state index is 12.5. The molecule has 5 heteroatoms. The summed E-state index contributed by atoms with van der Waals surface area (Å²) in [5, 5.41) is 11.9. The maximum atomic E-state index is 12.5. The van der Waals surface area contributed by atoms with Crippen LogP contribution in [0.1, 0.15) is 34.3 Å². The molecule has 1 heterocycles. The Balaban J connectivity index is 1.75. The summed E-state index contributed by atoms with van der Waals surface area (Å²) in [6, 6.07) is 16.8. The molecule has 0 radical (unpaired) electrons. The van der Waals surface area contributed by atoms with Gasteiger partial charge in [-0.15, -0.1) is 0 Å². The summed E-state index contributed by atoms with van der Waals surface area (Å²) in [4.78, 5) is 12.5. The third-order valence-corrected chi connectivity index (χ3v) is 5.02. The third-order valence-electron chi connectivity index (χ3n) is 5.02. The number of nitrogens with zero attached hydrogens (tertiary/aromatic N) is 1. The highest BCUT2D eigenvalue weighted by Crippen LogP contribution is 2.35. The summed E-state index contributed by atoms with van der Waals surface area (Å²) >= 11 is 0. The summed E-state index contributed by atoms with van der Waals surface area (Å²) < 4.78 is 10.8. The smallest absolute Gasteiger partial charge is 0.251 e. The van der Waals surface area contributed by atoms with Gasteiger partial charge in [0.15, 0.2) is 0 Å². The van der Waals surface area contributed by atoms with E-state index in [9.17, 15) is 4.79 Å². The van der Waals surface area contributed by atoms with Crippen molar-refractivity contribution in [3.05, 3.63) is 65.2 Å². The molecule has 3 rings (SSSR count). The van der Waals surface area contributed by atoms with Crippen molar-refractivity contribution in [2.45, 2.75) is 18.3 Å². The fourth-order valence-corrected chi connectivity index (χ4v) is 3.32. The van der Waals surface area contributed by atoms with Gasteiger partial charge in [-0.05, 0) is 54.8 Å². The molecule has 1 aliphatic rings. The monoisotopic (exact) mass is 350 g/mol. The van der Waals surface area contributed by atoms with Gasteiger partial charge in [0.25, 0.3) is 5.91 Å². The van der Waals surface area contributed by atoms with Gasteiger partial charge in [-0.2, -0.15) is 5.26 Å². The molecule has 5 nitrogen and oxygen atoms in total. The van der Waals surface area contributed by atoms with E-state index >= 15 is 0 Å². The molecule has 0 bridgehead atoms. The molecular formula is C21H22N2O3. The van der Waals surface area contributed by atoms with E-state index in [2.05, 4.69) is 23.5 Å². The van der Waals surface area contributed by atoms with Crippen LogP contribution in [0, 0.1) is 11.3 Å². The lowest BCUT2D eigenvalue weighted by Crippen LogP contribution is -2.44. The average Bonchev–Trinajstić information content (AvgIpc) is 2.73. The molecule has 0 aliphatic carbocycles. The molecule has 2 aromatic carbocycles. The topological polar surface area (TPSA) is 71.3 Å². The summed E-state index contributed by atoms with van der Waals surface area (Å²) in [5.74, 6) is 0.687. The lowest BCUT2D eigenvalue weighted by molar-refractivity contribution is 0.0487. The number of ether oxygens (including phenoxy) is 2. The van der Waals surface area contributed by atoms with Crippen molar-refractivity contribution >= 4 is 5.91 Å². The Labute approximate surface area is 153 Å². The Morgan fingerprint density at radius 2 is 1.81 bits per heavy atom. The SMILES string of the molecule is COc1ccc(C2(CNC(=O)c3ccc(C#N)cc3)CCOCC2)cc1. The predicted octanol–water partition coefficient (Wildman–Crippen LogP) is 3.05. The predicted molar refractivity (Wildman–Crippen MR) is 98.2 cm³/mol. The lowest BCUT2D eigenvalue weighted by Gasteiger charge is -2.38. The van der Waals surface area contributed by atoms with Gasteiger partial charge in [-0.3, -0.25) is 4.79 Å². The molecule has 1 saturated heterocycles. The van der Waals surface area contributed by atoms with Crippen molar-refractivity contribution in [3.8, 4) is 11.8 Å². The highest BCUT2D eigenvalue weighted by atomic mass is 16.5. The molecular weight excluding hydrogens is 328 g/mol. The van der Waals surface area contributed by atoms with Crippen LogP contribution in [0.4, 0.5) is 0 Å². The van der Waals surface area contributed by atoms with Crippen LogP contribution in [0.3, 0.4) is 0 Å². The fraction of sp³-hybridized carbons (Fsp3) is 0.333. The summed E-state index contributed by atoms with van der Waals surface area (Å²) in [7, 11) is 1.65. The van der Waals surface area contributed by atoms with Crippen LogP contribution in [0.5, 0.6) is 5.75 Å². The van der Waals surface area contributed by atoms with Gasteiger partial charge >= 0.3 is 0 Å². The minimum Gasteiger partial charge on any atom is -0.497 e. The number of carbonyl (C=O) groups is 1. The van der Waals surface area contributed by atoms with Crippen LogP contribution in [0.25, 0.3) is 0 Å². The molecule has 134 valence electrons. The Morgan fingerprint density at radius 1 is 1.15 bits per heavy atom. The first-order valence-electron chi connectivity index (χ1n) is 8.67. The number of hydrogen-bond donors (Lipinski definition) is 1. The van der Waals surface area contributed by atoms with Gasteiger partial charge < -0.3 is 14.8 Å². The van der Waals surface area contributed by atoms with Crippen LogP contribution in [-0.4, -0.2) is 32.8 Å². The zero-order chi connectivity index (χ0) is 18.4. The molecule has 1 aliphatic heterocycles. The van der Waals surface area contributed by atoms with Gasteiger partial charge in [0.1, 0.15) is 5.75 Å². The molecule has 2 aromatic rings. The molecule has 1 fully saturated rings. The van der Waals surface area contributed by atoms with Gasteiger partial charge in [-0.1, -0.05) is 12.1 Å². The zero-order valence-electron chi connectivity index (χ0n) is 14.8. The van der Waals surface area contributed by atoms with Crippen LogP contribution in [0.2, 0.25) is 0 Å². The molecule has 1 N–H and O–H groups in total. The van der Waals surface area contributed by atoms with Crippen LogP contribution < -0.4 is 10.1 Å². The second kappa shape index (κ2) is 8.03. The molecule has 0 unspecified atom stereocenters. The number of nitriles is 1. The molecule has 0 saturated carbocycles. The first-order chi connectivity index (χ1) is 12.7. The van der Waals surface area contributed by atoms with Gasteiger partial charge in [0.05, 0.1) is 18.7 Å². The number of nitrogens with one attached hydrogen (secondary N) is 1. The number of rotatable bonds is 5. The highest BCUT2D eigenvalue weighted by Gasteiger charge is 2.35. The van der Waals surface area contributed by atoms with E-state index in [-0.39, 0.29) is 11.3 Å². The van der Waals surface area contributed by atoms with Gasteiger partial charge in [-0.25, -0.2) is 0 Å². The fourth-order valence-electron chi connectivity index (χ4n) is 3.32. The Kier molecular flexibility index (Phi) is 5.55. The molecule has 1 amide bonds. The molecule has 0 spiro atoms. The number of hydrogen-bond acceptors (Lipinski definition) is 4. The highest BCUT2D eigenvalue weighted by molar-refractivity contribution is 5.94. The van der Waals surface area contributed by atoms with Crippen molar-refractivity contribution in [2.75, 3.05) is 26.9 Å². The minimum absolute atomic E-state index is 0.131. The minimum atomic E-state index is -0.146. The number of amides is 1. The van der Waals surface area contributed by atoms with Crippen LogP contribution in [-0.2, 0) is 10.2 Å². The molecule has 0 aromatic heterocycles. The molecule has 26 heavy (non-hydrogen) atoms. The Morgan fingerprint density at radius 3 is 2.38 bits per heavy atom. The quantitative estimate of drug-likeness (QED) is 0.900. The standard InChI is InChI=1S/C21H22N2O3/c1-25-19-8-6-18(7-9-19)21(10-12-26-13-11-21)15-23-20(24)17-4-2-16(14-22)3-5-17/h2-9H,10-13,15H2,1H3,(H,23,24). The van der Waals surface area contributed by atoms with Crippen molar-refractivity contribution in [3.63, 3.8) is 0 Å². The summed E-state index contributed by atoms with van der Waals surface area (Å²) in [6.07, 6.45) is 1.71. The average molecular weight is 350 g/mol. The van der Waals surface area contributed by atoms with Crippen molar-refractivity contribution in [1.29, 1.82) is 5.26 Å². The van der Waals surface area contributed by atoms with Crippen molar-refractivity contribution in [2.24, 2.45) is 0 Å². The molecule has 0 atom stereocenters. The van der Waals surface area contributed by atoms with Gasteiger partial charge in [0.2, 0.25) is 0 Å². The summed E-state index contributed by atoms with van der Waals surface area (Å²) in [5.41, 5.74) is 2.13. The second-order valence-corrected chi connectivity index (χ2v) is 6.49. The largest absolute Gasteiger partial charge is 0.497 e. The van der Waals surface area contributed by atoms with E-state index in [1.165, 1.54) is 5.56 Å². The van der Waals surface area contributed by atoms with Crippen LogP contribution in [0.15, 0.2) is 48.5 Å². The van der Waals surface area contributed by atoms with E-state index in [1.807, 2.05) is 12.1 Å². The first kappa shape index (κ1) is 18.0. The van der Waals surface area contributed by atoms with E-state index < -0.39 is 0 Å². The Bertz CT molecular complexity index is 786. The van der Waals surface area contributed by atoms with Crippen molar-refractivity contribution in [1.82, 2.24) is 5.32 Å². The maximum Gasteiger partial charge on any atom is 0.251 e. The van der Waals surface area contributed by atoms with Crippen LogP contribution >= 0.6 is 0 Å². The summed E-state index contributed by atoms with van der Waals surface area (Å²) in [6.45, 7) is 1.90. The normalized spacial score (nSPS) is 15.7. The van der Waals surface area contributed by atoms with Gasteiger partial charge in [0, 0.05) is 30.7 Å². The second-order valence-electron chi connectivity index (χ2n) is 6.49. The number of methoxy groups -OCH3 is 1. The Hall–Kier alpha value is -2.84. The van der Waals surface area contributed by atoms with E-state index in [0.29, 0.717) is 30.9 Å². The van der Waals surface area contributed by atoms with E-state index in [4.69, 9.17) is 14.7 Å². The number of benzene rings is 2. The van der Waals surface area contributed by atoms with E-state index in [0.717, 1.165) is 18.6 Å². The number of carbonyl (C=O) groups excluding carboxylic acids is 1. The van der Waals surface area contributed by atoms with Crippen molar-refractivity contribution < 1.29 is 14.3 Å². The first-order valence-corrected chi connectivity index (χ1v) is 8.67. The lowest BCUT2D eigenvalue weighted by atomic mass is 9.74. The zero-order valence-corrected chi connectivity index (χ0v) is 14.8. The van der Waals surface area contributed by atoms with E-state index in [1.54, 1.807) is 31.4 Å². The third kappa shape index (κ3) is 3.87.